The summed E-state index contributed by atoms with van der Waals surface area (Å²) in [5, 5.41) is 2.33. The van der Waals surface area contributed by atoms with Crippen molar-refractivity contribution in [2.75, 3.05) is 5.88 Å². The molecule has 3 heteroatoms. The van der Waals surface area contributed by atoms with E-state index in [9.17, 15) is 0 Å². The van der Waals surface area contributed by atoms with Gasteiger partial charge in [0.05, 0.1) is 16.9 Å². The molecular formula is C9H6N2S. The van der Waals surface area contributed by atoms with Crippen molar-refractivity contribution >= 4 is 29.7 Å². The minimum Gasteiger partial charge on any atom is -0.272 e. The minimum absolute atomic E-state index is 0.861. The fraction of sp³-hybridized carbons (Fsp3) is 0.111. The number of benzene rings is 1. The Morgan fingerprint density at radius 1 is 1.33 bits per heavy atom. The third-order valence-corrected chi connectivity index (χ3v) is 2.95. The zero-order valence-corrected chi connectivity index (χ0v) is 7.14. The van der Waals surface area contributed by atoms with Crippen molar-refractivity contribution in [2.45, 2.75) is 4.90 Å². The second-order valence-corrected chi connectivity index (χ2v) is 3.71. The van der Waals surface area contributed by atoms with Crippen molar-refractivity contribution in [2.24, 2.45) is 9.98 Å². The lowest BCUT2D eigenvalue weighted by molar-refractivity contribution is 1.18. The van der Waals surface area contributed by atoms with Crippen molar-refractivity contribution in [1.82, 2.24) is 0 Å². The molecule has 2 aliphatic rings. The van der Waals surface area contributed by atoms with Crippen LogP contribution >= 0.6 is 11.8 Å². The average molecular weight is 174 g/mol. The van der Waals surface area contributed by atoms with Gasteiger partial charge in [-0.05, 0) is 18.2 Å². The lowest BCUT2D eigenvalue weighted by Gasteiger charge is -1.92. The summed E-state index contributed by atoms with van der Waals surface area (Å²) in [6.45, 7) is 0. The van der Waals surface area contributed by atoms with E-state index in [4.69, 9.17) is 0 Å². The average Bonchev–Trinajstić information content (AvgIpc) is 2.71. The van der Waals surface area contributed by atoms with Crippen molar-refractivity contribution in [3.05, 3.63) is 22.7 Å². The zero-order valence-electron chi connectivity index (χ0n) is 6.32. The molecule has 0 spiro atoms. The monoisotopic (exact) mass is 174 g/mol. The molecule has 0 bridgehead atoms. The van der Waals surface area contributed by atoms with Gasteiger partial charge in [-0.2, -0.15) is 0 Å². The van der Waals surface area contributed by atoms with Crippen LogP contribution in [-0.4, -0.2) is 12.1 Å². The van der Waals surface area contributed by atoms with Crippen LogP contribution in [0.5, 0.6) is 0 Å². The first-order chi connectivity index (χ1) is 5.95. The summed E-state index contributed by atoms with van der Waals surface area (Å²) in [6.07, 6.45) is 3.87. The van der Waals surface area contributed by atoms with Crippen LogP contribution in [-0.2, 0) is 0 Å². The first kappa shape index (κ1) is 6.43. The Hall–Kier alpha value is -1.09. The fourth-order valence-electron chi connectivity index (χ4n) is 1.49. The molecule has 0 N–H and O–H groups in total. The smallest absolute Gasteiger partial charge is 0.0898 e. The van der Waals surface area contributed by atoms with E-state index in [1.54, 1.807) is 11.8 Å². The zero-order chi connectivity index (χ0) is 7.97. The van der Waals surface area contributed by atoms with Crippen molar-refractivity contribution < 1.29 is 0 Å². The molecule has 0 radical (unpaired) electrons. The second kappa shape index (κ2) is 2.20. The third-order valence-electron chi connectivity index (χ3n) is 2.05. The van der Waals surface area contributed by atoms with Gasteiger partial charge >= 0.3 is 0 Å². The Labute approximate surface area is 73.7 Å². The van der Waals surface area contributed by atoms with Crippen LogP contribution in [0.15, 0.2) is 27.0 Å². The van der Waals surface area contributed by atoms with E-state index in [1.807, 2.05) is 12.3 Å². The second-order valence-electron chi connectivity index (χ2n) is 2.72. The number of hydrogen-bond donors (Lipinski definition) is 0. The van der Waals surface area contributed by atoms with E-state index in [1.165, 1.54) is 10.1 Å². The summed E-state index contributed by atoms with van der Waals surface area (Å²) in [4.78, 5) is 9.94. The molecule has 0 aromatic heterocycles. The molecule has 2 aliphatic heterocycles. The maximum absolute atomic E-state index is 4.42. The Kier molecular flexibility index (Phi) is 1.18. The van der Waals surface area contributed by atoms with E-state index < -0.39 is 0 Å². The lowest BCUT2D eigenvalue weighted by atomic mass is 10.2. The first-order valence-corrected chi connectivity index (χ1v) is 4.78. The standard InChI is InChI=1S/C9H6N2S/c1-2-8-9(11-5-12-8)6-3-4-10-7(1)6/h1-4H,5H2. The lowest BCUT2D eigenvalue weighted by Crippen LogP contribution is -2.23. The Balaban J connectivity index is 2.54. The highest BCUT2D eigenvalue weighted by Gasteiger charge is 2.09. The molecule has 0 fully saturated rings. The number of thioether (sulfide) groups is 1. The Morgan fingerprint density at radius 3 is 3.33 bits per heavy atom. The summed E-state index contributed by atoms with van der Waals surface area (Å²) in [6, 6.07) is 4.16. The quantitative estimate of drug-likeness (QED) is 0.572. The van der Waals surface area contributed by atoms with Crippen LogP contribution in [0, 0.1) is 0 Å². The molecule has 0 amide bonds. The van der Waals surface area contributed by atoms with Crippen LogP contribution in [0.25, 0.3) is 6.08 Å². The number of hydrogen-bond acceptors (Lipinski definition) is 3. The van der Waals surface area contributed by atoms with E-state index >= 15 is 0 Å². The van der Waals surface area contributed by atoms with Crippen molar-refractivity contribution in [3.63, 3.8) is 0 Å². The SMILES string of the molecule is C1=Nc2ccc3c(c2=C1)=NCS3. The van der Waals surface area contributed by atoms with Gasteiger partial charge in [0.15, 0.2) is 0 Å². The van der Waals surface area contributed by atoms with Gasteiger partial charge in [-0.1, -0.05) is 0 Å². The van der Waals surface area contributed by atoms with E-state index in [2.05, 4.69) is 22.1 Å². The van der Waals surface area contributed by atoms with Gasteiger partial charge in [0.2, 0.25) is 0 Å². The minimum atomic E-state index is 0.861. The molecule has 0 unspecified atom stereocenters. The maximum atomic E-state index is 4.42. The third kappa shape index (κ3) is 0.716. The number of rotatable bonds is 0. The molecule has 0 saturated carbocycles. The van der Waals surface area contributed by atoms with Gasteiger partial charge in [0, 0.05) is 16.3 Å². The van der Waals surface area contributed by atoms with Crippen molar-refractivity contribution in [1.29, 1.82) is 0 Å². The maximum Gasteiger partial charge on any atom is 0.0898 e. The fourth-order valence-corrected chi connectivity index (χ4v) is 2.30. The number of nitrogens with zero attached hydrogens (tertiary/aromatic N) is 2. The molecule has 2 heterocycles. The highest BCUT2D eigenvalue weighted by atomic mass is 32.2. The van der Waals surface area contributed by atoms with Gasteiger partial charge in [-0.15, -0.1) is 11.8 Å². The molecule has 1 aromatic carbocycles. The van der Waals surface area contributed by atoms with Crippen LogP contribution in [0.2, 0.25) is 0 Å². The van der Waals surface area contributed by atoms with Gasteiger partial charge in [-0.3, -0.25) is 9.98 Å². The molecule has 0 atom stereocenters. The number of aliphatic imine (C=N–C) groups is 1. The molecule has 1 aromatic rings. The predicted octanol–water partition coefficient (Wildman–Crippen LogP) is 0.866. The summed E-state index contributed by atoms with van der Waals surface area (Å²) < 4.78 is 0. The predicted molar refractivity (Wildman–Crippen MR) is 50.6 cm³/mol. The molecule has 58 valence electrons. The normalized spacial score (nSPS) is 16.7. The topological polar surface area (TPSA) is 24.7 Å². The van der Waals surface area contributed by atoms with Gasteiger partial charge in [0.25, 0.3) is 0 Å². The van der Waals surface area contributed by atoms with Gasteiger partial charge < -0.3 is 0 Å². The molecular weight excluding hydrogens is 168 g/mol. The molecule has 0 aliphatic carbocycles. The van der Waals surface area contributed by atoms with Crippen LogP contribution in [0.3, 0.4) is 0 Å². The van der Waals surface area contributed by atoms with Crippen molar-refractivity contribution in [3.8, 4) is 0 Å². The van der Waals surface area contributed by atoms with Crippen LogP contribution in [0.1, 0.15) is 0 Å². The first-order valence-electron chi connectivity index (χ1n) is 3.80. The Morgan fingerprint density at radius 2 is 2.33 bits per heavy atom. The molecule has 3 rings (SSSR count). The largest absolute Gasteiger partial charge is 0.272 e. The van der Waals surface area contributed by atoms with Gasteiger partial charge in [0.1, 0.15) is 0 Å². The highest BCUT2D eigenvalue weighted by Crippen LogP contribution is 2.19. The summed E-state index contributed by atoms with van der Waals surface area (Å²) in [5.41, 5.74) is 1.06. The van der Waals surface area contributed by atoms with Gasteiger partial charge in [-0.25, -0.2) is 0 Å². The summed E-state index contributed by atoms with van der Waals surface area (Å²) in [7, 11) is 0. The molecule has 2 nitrogen and oxygen atoms in total. The molecule has 12 heavy (non-hydrogen) atoms. The highest BCUT2D eigenvalue weighted by molar-refractivity contribution is 7.99. The van der Waals surface area contributed by atoms with E-state index in [0.717, 1.165) is 16.9 Å². The number of fused-ring (bicyclic) bond motifs is 3. The summed E-state index contributed by atoms with van der Waals surface area (Å²) >= 11 is 1.79. The summed E-state index contributed by atoms with van der Waals surface area (Å²) in [5.74, 6) is 0.861. The van der Waals surface area contributed by atoms with Crippen LogP contribution in [0.4, 0.5) is 5.69 Å². The molecule has 0 saturated heterocycles. The van der Waals surface area contributed by atoms with Crippen LogP contribution < -0.4 is 10.6 Å². The Bertz CT molecular complexity index is 488. The van der Waals surface area contributed by atoms with E-state index in [0.29, 0.717) is 0 Å². The van der Waals surface area contributed by atoms with E-state index in [-0.39, 0.29) is 0 Å².